The molecule has 2 rings (SSSR count). The number of aromatic nitrogens is 1. The van der Waals surface area contributed by atoms with Crippen LogP contribution < -0.4 is 5.32 Å². The second-order valence-electron chi connectivity index (χ2n) is 3.35. The summed E-state index contributed by atoms with van der Waals surface area (Å²) >= 11 is 11.7. The van der Waals surface area contributed by atoms with Crippen LogP contribution in [0.25, 0.3) is 0 Å². The van der Waals surface area contributed by atoms with Crippen molar-refractivity contribution in [2.24, 2.45) is 0 Å². The minimum Gasteiger partial charge on any atom is -0.322 e. The highest BCUT2D eigenvalue weighted by atomic mass is 35.5. The number of amides is 1. The fourth-order valence-corrected chi connectivity index (χ4v) is 1.85. The van der Waals surface area contributed by atoms with Gasteiger partial charge in [-0.25, -0.2) is 0 Å². The lowest BCUT2D eigenvalue weighted by Crippen LogP contribution is -2.11. The molecule has 0 bridgehead atoms. The summed E-state index contributed by atoms with van der Waals surface area (Å²) in [4.78, 5) is 15.7. The van der Waals surface area contributed by atoms with E-state index in [-0.39, 0.29) is 5.91 Å². The minimum absolute atomic E-state index is 0.253. The van der Waals surface area contributed by atoms with E-state index in [0.29, 0.717) is 21.3 Å². The number of benzene rings is 1. The summed E-state index contributed by atoms with van der Waals surface area (Å²) in [6.07, 6.45) is 3.09. The van der Waals surface area contributed by atoms with Crippen LogP contribution in [-0.2, 0) is 0 Å². The zero-order chi connectivity index (χ0) is 12.3. The maximum Gasteiger partial charge on any atom is 0.257 e. The molecule has 1 N–H and O–H groups in total. The zero-order valence-corrected chi connectivity index (χ0v) is 10.2. The van der Waals surface area contributed by atoms with Crippen LogP contribution in [0, 0.1) is 0 Å². The highest BCUT2D eigenvalue weighted by Crippen LogP contribution is 2.22. The predicted octanol–water partition coefficient (Wildman–Crippen LogP) is 3.64. The monoisotopic (exact) mass is 266 g/mol. The van der Waals surface area contributed by atoms with Crippen molar-refractivity contribution < 1.29 is 4.79 Å². The summed E-state index contributed by atoms with van der Waals surface area (Å²) in [5.41, 5.74) is 1.03. The maximum atomic E-state index is 11.8. The van der Waals surface area contributed by atoms with E-state index in [1.165, 1.54) is 6.20 Å². The van der Waals surface area contributed by atoms with Crippen LogP contribution in [0.2, 0.25) is 10.0 Å². The molecule has 86 valence electrons. The topological polar surface area (TPSA) is 42.0 Å². The Kier molecular flexibility index (Phi) is 3.61. The molecule has 1 aromatic carbocycles. The fraction of sp³-hybridized carbons (Fsp3) is 0. The number of rotatable bonds is 2. The van der Waals surface area contributed by atoms with Gasteiger partial charge in [-0.2, -0.15) is 0 Å². The molecule has 0 atom stereocenters. The first kappa shape index (κ1) is 11.9. The van der Waals surface area contributed by atoms with E-state index >= 15 is 0 Å². The molecule has 0 fully saturated rings. The summed E-state index contributed by atoms with van der Waals surface area (Å²) in [7, 11) is 0. The van der Waals surface area contributed by atoms with Crippen LogP contribution in [0.3, 0.4) is 0 Å². The molecule has 17 heavy (non-hydrogen) atoms. The number of carbonyl (C=O) groups is 1. The fourth-order valence-electron chi connectivity index (χ4n) is 1.33. The van der Waals surface area contributed by atoms with Gasteiger partial charge < -0.3 is 5.32 Å². The molecule has 0 aliphatic rings. The number of nitrogens with one attached hydrogen (secondary N) is 1. The molecular weight excluding hydrogens is 259 g/mol. The lowest BCUT2D eigenvalue weighted by atomic mass is 10.2. The summed E-state index contributed by atoms with van der Waals surface area (Å²) in [6.45, 7) is 0. The van der Waals surface area contributed by atoms with Crippen molar-refractivity contribution >= 4 is 34.8 Å². The van der Waals surface area contributed by atoms with Crippen molar-refractivity contribution in [1.82, 2.24) is 4.98 Å². The van der Waals surface area contributed by atoms with Crippen molar-refractivity contribution in [3.63, 3.8) is 0 Å². The SMILES string of the molecule is O=C(Nc1cc(Cl)cc(Cl)c1)c1cccnc1. The van der Waals surface area contributed by atoms with Gasteiger partial charge in [-0.05, 0) is 30.3 Å². The standard InChI is InChI=1S/C12H8Cl2N2O/c13-9-4-10(14)6-11(5-9)16-12(17)8-2-1-3-15-7-8/h1-7H,(H,16,17). The largest absolute Gasteiger partial charge is 0.322 e. The quantitative estimate of drug-likeness (QED) is 0.902. The summed E-state index contributed by atoms with van der Waals surface area (Å²) < 4.78 is 0. The van der Waals surface area contributed by atoms with E-state index < -0.39 is 0 Å². The van der Waals surface area contributed by atoms with Crippen molar-refractivity contribution in [3.05, 3.63) is 58.3 Å². The minimum atomic E-state index is -0.253. The number of hydrogen-bond acceptors (Lipinski definition) is 2. The number of nitrogens with zero attached hydrogens (tertiary/aromatic N) is 1. The second kappa shape index (κ2) is 5.17. The number of carbonyl (C=O) groups excluding carboxylic acids is 1. The highest BCUT2D eigenvalue weighted by molar-refractivity contribution is 6.35. The maximum absolute atomic E-state index is 11.8. The van der Waals surface area contributed by atoms with Gasteiger partial charge in [0, 0.05) is 28.1 Å². The predicted molar refractivity (Wildman–Crippen MR) is 68.7 cm³/mol. The van der Waals surface area contributed by atoms with E-state index in [1.807, 2.05) is 0 Å². The smallest absolute Gasteiger partial charge is 0.257 e. The van der Waals surface area contributed by atoms with Gasteiger partial charge in [-0.15, -0.1) is 0 Å². The summed E-state index contributed by atoms with van der Waals surface area (Å²) in [5, 5.41) is 3.63. The van der Waals surface area contributed by atoms with Crippen molar-refractivity contribution in [3.8, 4) is 0 Å². The molecule has 0 aliphatic heterocycles. The Balaban J connectivity index is 2.19. The first-order valence-corrected chi connectivity index (χ1v) is 5.58. The average molecular weight is 267 g/mol. The number of pyridine rings is 1. The van der Waals surface area contributed by atoms with E-state index in [1.54, 1.807) is 36.5 Å². The van der Waals surface area contributed by atoms with E-state index in [9.17, 15) is 4.79 Å². The van der Waals surface area contributed by atoms with Crippen molar-refractivity contribution in [2.75, 3.05) is 5.32 Å². The number of anilines is 1. The Labute approximate surface area is 108 Å². The van der Waals surface area contributed by atoms with Gasteiger partial charge in [0.15, 0.2) is 0 Å². The third kappa shape index (κ3) is 3.19. The summed E-state index contributed by atoms with van der Waals surface area (Å²) in [6, 6.07) is 8.22. The van der Waals surface area contributed by atoms with Crippen LogP contribution >= 0.6 is 23.2 Å². The van der Waals surface area contributed by atoms with Crippen LogP contribution in [-0.4, -0.2) is 10.9 Å². The van der Waals surface area contributed by atoms with Crippen molar-refractivity contribution in [1.29, 1.82) is 0 Å². The molecule has 5 heteroatoms. The highest BCUT2D eigenvalue weighted by Gasteiger charge is 2.06. The lowest BCUT2D eigenvalue weighted by molar-refractivity contribution is 0.102. The van der Waals surface area contributed by atoms with Gasteiger partial charge in [0.1, 0.15) is 0 Å². The Bertz CT molecular complexity index is 523. The molecule has 0 unspecified atom stereocenters. The molecule has 0 aliphatic carbocycles. The third-order valence-electron chi connectivity index (χ3n) is 2.04. The van der Waals surface area contributed by atoms with Gasteiger partial charge >= 0.3 is 0 Å². The van der Waals surface area contributed by atoms with Crippen LogP contribution in [0.5, 0.6) is 0 Å². The molecule has 1 amide bonds. The van der Waals surface area contributed by atoms with E-state index in [0.717, 1.165) is 0 Å². The Morgan fingerprint density at radius 2 is 1.88 bits per heavy atom. The van der Waals surface area contributed by atoms with Crippen LogP contribution in [0.15, 0.2) is 42.7 Å². The molecule has 1 aromatic heterocycles. The second-order valence-corrected chi connectivity index (χ2v) is 4.23. The lowest BCUT2D eigenvalue weighted by Gasteiger charge is -2.05. The molecule has 1 heterocycles. The molecule has 2 aromatic rings. The molecule has 0 saturated carbocycles. The molecule has 0 spiro atoms. The van der Waals surface area contributed by atoms with Crippen LogP contribution in [0.4, 0.5) is 5.69 Å². The number of halogens is 2. The van der Waals surface area contributed by atoms with Gasteiger partial charge in [0.05, 0.1) is 5.56 Å². The first-order valence-electron chi connectivity index (χ1n) is 4.82. The zero-order valence-electron chi connectivity index (χ0n) is 8.65. The normalized spacial score (nSPS) is 10.0. The summed E-state index contributed by atoms with van der Waals surface area (Å²) in [5.74, 6) is -0.253. The van der Waals surface area contributed by atoms with Gasteiger partial charge in [-0.3, -0.25) is 9.78 Å². The Hall–Kier alpha value is -1.58. The van der Waals surface area contributed by atoms with Gasteiger partial charge in [-0.1, -0.05) is 23.2 Å². The molecule has 3 nitrogen and oxygen atoms in total. The van der Waals surface area contributed by atoms with E-state index in [4.69, 9.17) is 23.2 Å². The number of hydrogen-bond donors (Lipinski definition) is 1. The third-order valence-corrected chi connectivity index (χ3v) is 2.48. The molecule has 0 saturated heterocycles. The first-order chi connectivity index (χ1) is 8.15. The molecular formula is C12H8Cl2N2O. The Morgan fingerprint density at radius 3 is 2.47 bits per heavy atom. The average Bonchev–Trinajstić information content (AvgIpc) is 2.28. The van der Waals surface area contributed by atoms with Gasteiger partial charge in [0.2, 0.25) is 0 Å². The van der Waals surface area contributed by atoms with Crippen molar-refractivity contribution in [2.45, 2.75) is 0 Å². The Morgan fingerprint density at radius 1 is 1.18 bits per heavy atom. The molecule has 0 radical (unpaired) electrons. The van der Waals surface area contributed by atoms with Crippen LogP contribution in [0.1, 0.15) is 10.4 Å². The van der Waals surface area contributed by atoms with E-state index in [2.05, 4.69) is 10.3 Å². The van der Waals surface area contributed by atoms with Gasteiger partial charge in [0.25, 0.3) is 5.91 Å².